The van der Waals surface area contributed by atoms with E-state index in [1.165, 1.54) is 7.11 Å². The molecule has 0 aliphatic heterocycles. The van der Waals surface area contributed by atoms with E-state index >= 15 is 0 Å². The van der Waals surface area contributed by atoms with Gasteiger partial charge in [0.15, 0.2) is 0 Å². The molecular formula is C16H24O3. The van der Waals surface area contributed by atoms with Crippen molar-refractivity contribution in [3.63, 3.8) is 0 Å². The van der Waals surface area contributed by atoms with Crippen LogP contribution >= 0.6 is 0 Å². The van der Waals surface area contributed by atoms with Crippen molar-refractivity contribution < 1.29 is 14.6 Å². The maximum atomic E-state index is 11.9. The average Bonchev–Trinajstić information content (AvgIpc) is 2.39. The third-order valence-corrected chi connectivity index (χ3v) is 3.65. The third-order valence-electron chi connectivity index (χ3n) is 3.65. The lowest BCUT2D eigenvalue weighted by atomic mass is 9.80. The standard InChI is InChI=1S/C16H24O3/c1-5-6-7-14(15(17)19-4)16(3,18)13-10-8-12(2)9-11-13/h8-11,14,18H,5-7H2,1-4H3. The first-order chi connectivity index (χ1) is 8.93. The Morgan fingerprint density at radius 3 is 2.42 bits per heavy atom. The number of aliphatic hydroxyl groups is 1. The topological polar surface area (TPSA) is 46.5 Å². The number of aryl methyl sites for hydroxylation is 1. The molecule has 19 heavy (non-hydrogen) atoms. The highest BCUT2D eigenvalue weighted by Gasteiger charge is 2.39. The van der Waals surface area contributed by atoms with Crippen LogP contribution in [-0.2, 0) is 15.1 Å². The fourth-order valence-corrected chi connectivity index (χ4v) is 2.27. The molecular weight excluding hydrogens is 240 g/mol. The van der Waals surface area contributed by atoms with Crippen LogP contribution in [0.5, 0.6) is 0 Å². The van der Waals surface area contributed by atoms with Crippen molar-refractivity contribution >= 4 is 5.97 Å². The van der Waals surface area contributed by atoms with Gasteiger partial charge in [-0.1, -0.05) is 49.6 Å². The van der Waals surface area contributed by atoms with Crippen LogP contribution in [0, 0.1) is 12.8 Å². The van der Waals surface area contributed by atoms with E-state index in [0.29, 0.717) is 6.42 Å². The number of unbranched alkanes of at least 4 members (excludes halogenated alkanes) is 1. The van der Waals surface area contributed by atoms with Gasteiger partial charge in [-0.2, -0.15) is 0 Å². The molecule has 1 aromatic rings. The first-order valence-corrected chi connectivity index (χ1v) is 6.80. The molecule has 0 heterocycles. The lowest BCUT2D eigenvalue weighted by molar-refractivity contribution is -0.156. The molecule has 0 fully saturated rings. The number of rotatable bonds is 6. The molecule has 106 valence electrons. The predicted octanol–water partition coefficient (Wildman–Crippen LogP) is 3.18. The Hall–Kier alpha value is -1.35. The summed E-state index contributed by atoms with van der Waals surface area (Å²) < 4.78 is 4.84. The second-order valence-corrected chi connectivity index (χ2v) is 5.23. The van der Waals surface area contributed by atoms with E-state index in [9.17, 15) is 9.90 Å². The molecule has 0 saturated carbocycles. The summed E-state index contributed by atoms with van der Waals surface area (Å²) in [5.74, 6) is -0.876. The SMILES string of the molecule is CCCCC(C(=O)OC)C(C)(O)c1ccc(C)cc1. The van der Waals surface area contributed by atoms with Gasteiger partial charge in [0.25, 0.3) is 0 Å². The molecule has 2 atom stereocenters. The van der Waals surface area contributed by atoms with E-state index in [1.54, 1.807) is 6.92 Å². The fraction of sp³-hybridized carbons (Fsp3) is 0.562. The summed E-state index contributed by atoms with van der Waals surface area (Å²) in [6, 6.07) is 7.63. The van der Waals surface area contributed by atoms with Crippen LogP contribution in [0.15, 0.2) is 24.3 Å². The average molecular weight is 264 g/mol. The zero-order valence-electron chi connectivity index (χ0n) is 12.3. The minimum Gasteiger partial charge on any atom is -0.469 e. The number of ether oxygens (including phenoxy) is 1. The van der Waals surface area contributed by atoms with Crippen LogP contribution in [0.3, 0.4) is 0 Å². The zero-order valence-corrected chi connectivity index (χ0v) is 12.3. The van der Waals surface area contributed by atoms with Gasteiger partial charge in [-0.05, 0) is 25.8 Å². The Labute approximate surface area is 115 Å². The molecule has 2 unspecified atom stereocenters. The molecule has 0 aliphatic carbocycles. The van der Waals surface area contributed by atoms with Gasteiger partial charge < -0.3 is 9.84 Å². The van der Waals surface area contributed by atoms with Crippen LogP contribution in [0.1, 0.15) is 44.2 Å². The minimum atomic E-state index is -1.20. The maximum absolute atomic E-state index is 11.9. The predicted molar refractivity (Wildman–Crippen MR) is 75.8 cm³/mol. The molecule has 0 aromatic heterocycles. The lowest BCUT2D eigenvalue weighted by Crippen LogP contribution is -2.38. The van der Waals surface area contributed by atoms with Crippen molar-refractivity contribution in [1.82, 2.24) is 0 Å². The number of hydrogen-bond acceptors (Lipinski definition) is 3. The monoisotopic (exact) mass is 264 g/mol. The fourth-order valence-electron chi connectivity index (χ4n) is 2.27. The van der Waals surface area contributed by atoms with E-state index in [2.05, 4.69) is 6.92 Å². The molecule has 0 spiro atoms. The van der Waals surface area contributed by atoms with Gasteiger partial charge in [-0.25, -0.2) is 0 Å². The van der Waals surface area contributed by atoms with Crippen molar-refractivity contribution in [1.29, 1.82) is 0 Å². The zero-order chi connectivity index (χ0) is 14.5. The summed E-state index contributed by atoms with van der Waals surface area (Å²) in [4.78, 5) is 11.9. The molecule has 3 nitrogen and oxygen atoms in total. The molecule has 0 radical (unpaired) electrons. The van der Waals surface area contributed by atoms with Crippen LogP contribution in [0.25, 0.3) is 0 Å². The maximum Gasteiger partial charge on any atom is 0.311 e. The van der Waals surface area contributed by atoms with E-state index in [1.807, 2.05) is 31.2 Å². The summed E-state index contributed by atoms with van der Waals surface area (Å²) in [6.45, 7) is 5.75. The Balaban J connectivity index is 3.03. The Bertz CT molecular complexity index is 407. The van der Waals surface area contributed by atoms with Gasteiger partial charge in [0.1, 0.15) is 5.60 Å². The first-order valence-electron chi connectivity index (χ1n) is 6.80. The molecule has 1 aromatic carbocycles. The van der Waals surface area contributed by atoms with Gasteiger partial charge in [0.2, 0.25) is 0 Å². The highest BCUT2D eigenvalue weighted by molar-refractivity contribution is 5.74. The summed E-state index contributed by atoms with van der Waals surface area (Å²) >= 11 is 0. The number of carbonyl (C=O) groups is 1. The van der Waals surface area contributed by atoms with Crippen LogP contribution in [0.4, 0.5) is 0 Å². The van der Waals surface area contributed by atoms with Gasteiger partial charge in [0.05, 0.1) is 13.0 Å². The lowest BCUT2D eigenvalue weighted by Gasteiger charge is -2.31. The third kappa shape index (κ3) is 3.80. The van der Waals surface area contributed by atoms with Crippen molar-refractivity contribution in [2.75, 3.05) is 7.11 Å². The van der Waals surface area contributed by atoms with E-state index < -0.39 is 11.5 Å². The number of esters is 1. The van der Waals surface area contributed by atoms with Crippen molar-refractivity contribution in [3.05, 3.63) is 35.4 Å². The molecule has 0 amide bonds. The smallest absolute Gasteiger partial charge is 0.311 e. The molecule has 1 N–H and O–H groups in total. The number of methoxy groups -OCH3 is 1. The second-order valence-electron chi connectivity index (χ2n) is 5.23. The molecule has 0 bridgehead atoms. The van der Waals surface area contributed by atoms with Crippen molar-refractivity contribution in [3.8, 4) is 0 Å². The van der Waals surface area contributed by atoms with Gasteiger partial charge in [-0.3, -0.25) is 4.79 Å². The van der Waals surface area contributed by atoms with E-state index in [0.717, 1.165) is 24.0 Å². The Morgan fingerprint density at radius 1 is 1.37 bits per heavy atom. The summed E-state index contributed by atoms with van der Waals surface area (Å²) in [7, 11) is 1.37. The Kier molecular flexibility index (Phi) is 5.55. The molecule has 3 heteroatoms. The first kappa shape index (κ1) is 15.7. The van der Waals surface area contributed by atoms with Crippen LogP contribution in [-0.4, -0.2) is 18.2 Å². The highest BCUT2D eigenvalue weighted by Crippen LogP contribution is 2.33. The van der Waals surface area contributed by atoms with E-state index in [-0.39, 0.29) is 5.97 Å². The summed E-state index contributed by atoms with van der Waals surface area (Å²) in [6.07, 6.45) is 2.50. The van der Waals surface area contributed by atoms with Gasteiger partial charge in [0, 0.05) is 0 Å². The van der Waals surface area contributed by atoms with Crippen molar-refractivity contribution in [2.24, 2.45) is 5.92 Å². The number of carbonyl (C=O) groups excluding carboxylic acids is 1. The van der Waals surface area contributed by atoms with E-state index in [4.69, 9.17) is 4.74 Å². The molecule has 1 rings (SSSR count). The minimum absolute atomic E-state index is 0.348. The van der Waals surface area contributed by atoms with Crippen LogP contribution in [0.2, 0.25) is 0 Å². The Morgan fingerprint density at radius 2 is 1.95 bits per heavy atom. The largest absolute Gasteiger partial charge is 0.469 e. The molecule has 0 aliphatic rings. The highest BCUT2D eigenvalue weighted by atomic mass is 16.5. The summed E-state index contributed by atoms with van der Waals surface area (Å²) in [5.41, 5.74) is 0.683. The number of hydrogen-bond donors (Lipinski definition) is 1. The quantitative estimate of drug-likeness (QED) is 0.803. The molecule has 0 saturated heterocycles. The second kappa shape index (κ2) is 6.71. The summed E-state index contributed by atoms with van der Waals surface area (Å²) in [5, 5.41) is 10.8. The van der Waals surface area contributed by atoms with Gasteiger partial charge >= 0.3 is 5.97 Å². The van der Waals surface area contributed by atoms with Crippen molar-refractivity contribution in [2.45, 2.75) is 45.6 Å². The normalized spacial score (nSPS) is 15.6. The number of benzene rings is 1. The van der Waals surface area contributed by atoms with Crippen LogP contribution < -0.4 is 0 Å². The van der Waals surface area contributed by atoms with Gasteiger partial charge in [-0.15, -0.1) is 0 Å².